The number of aromatic amines is 1. The lowest BCUT2D eigenvalue weighted by atomic mass is 10.4. The maximum atomic E-state index is 3.87. The van der Waals surface area contributed by atoms with E-state index in [2.05, 4.69) is 27.8 Å². The number of rotatable bonds is 0. The van der Waals surface area contributed by atoms with Crippen molar-refractivity contribution in [3.63, 3.8) is 0 Å². The van der Waals surface area contributed by atoms with Crippen LogP contribution in [0.5, 0.6) is 0 Å². The van der Waals surface area contributed by atoms with Crippen molar-refractivity contribution in [1.82, 2.24) is 15.5 Å². The van der Waals surface area contributed by atoms with Crippen LogP contribution in [0.2, 0.25) is 0 Å². The van der Waals surface area contributed by atoms with Crippen LogP contribution in [-0.4, -0.2) is 10.2 Å². The Labute approximate surface area is 46.4 Å². The Kier molecular flexibility index (Phi) is 0.521. The number of nitrogens with one attached hydrogen (secondary N) is 1. The molecule has 0 bridgehead atoms. The number of fused-ring (bicyclic) bond motifs is 1. The van der Waals surface area contributed by atoms with Crippen LogP contribution in [0.25, 0.3) is 0 Å². The quantitative estimate of drug-likeness (QED) is 0.499. The highest BCUT2D eigenvalue weighted by molar-refractivity contribution is 5.46. The lowest BCUT2D eigenvalue weighted by molar-refractivity contribution is 1.06. The summed E-state index contributed by atoms with van der Waals surface area (Å²) in [4.78, 5) is 0. The van der Waals surface area contributed by atoms with Crippen molar-refractivity contribution in [2.24, 2.45) is 0 Å². The first-order valence-corrected chi connectivity index (χ1v) is 2.22. The molecule has 0 unspecified atom stereocenters. The smallest absolute Gasteiger partial charge is 0.141 e. The van der Waals surface area contributed by atoms with Crippen LogP contribution in [0.4, 0.5) is 5.69 Å². The average molecular weight is 104 g/mol. The normalized spacial score (nSPS) is 13.5. The standard InChI is InChI=1S/C5H2N3/c1-2-6-5-3-7-8-4(1)5/h2H,(H,7,8). The molecule has 0 fully saturated rings. The van der Waals surface area contributed by atoms with Gasteiger partial charge in [-0.15, -0.1) is 0 Å². The maximum absolute atomic E-state index is 3.87. The molecular formula is C5H2N3. The molecule has 3 heteroatoms. The van der Waals surface area contributed by atoms with E-state index in [4.69, 9.17) is 0 Å². The molecule has 1 aliphatic rings. The molecule has 0 saturated heterocycles. The zero-order valence-electron chi connectivity index (χ0n) is 3.97. The second-order valence-electron chi connectivity index (χ2n) is 1.46. The van der Waals surface area contributed by atoms with E-state index in [-0.39, 0.29) is 0 Å². The summed E-state index contributed by atoms with van der Waals surface area (Å²) >= 11 is 0. The molecule has 3 nitrogen and oxygen atoms in total. The SMILES string of the molecule is [C]1=C[N]c2[c]n[nH]c21. The molecule has 2 rings (SSSR count). The van der Waals surface area contributed by atoms with Gasteiger partial charge in [-0.2, -0.15) is 5.10 Å². The van der Waals surface area contributed by atoms with Gasteiger partial charge in [0.15, 0.2) is 0 Å². The molecule has 1 aromatic heterocycles. The summed E-state index contributed by atoms with van der Waals surface area (Å²) in [6.45, 7) is 0. The lowest BCUT2D eigenvalue weighted by Gasteiger charge is -1.77. The van der Waals surface area contributed by atoms with Gasteiger partial charge in [0.05, 0.1) is 5.69 Å². The molecule has 0 amide bonds. The highest BCUT2D eigenvalue weighted by atomic mass is 15.1. The van der Waals surface area contributed by atoms with E-state index in [0.29, 0.717) is 0 Å². The Balaban J connectivity index is 2.67. The van der Waals surface area contributed by atoms with Crippen molar-refractivity contribution in [1.29, 1.82) is 0 Å². The second-order valence-corrected chi connectivity index (χ2v) is 1.46. The van der Waals surface area contributed by atoms with E-state index in [9.17, 15) is 0 Å². The summed E-state index contributed by atoms with van der Waals surface area (Å²) in [6.07, 6.45) is 7.09. The van der Waals surface area contributed by atoms with Crippen molar-refractivity contribution in [3.8, 4) is 0 Å². The summed E-state index contributed by atoms with van der Waals surface area (Å²) < 4.78 is 0. The molecule has 2 heterocycles. The summed E-state index contributed by atoms with van der Waals surface area (Å²) in [5, 5.41) is 10.2. The van der Waals surface area contributed by atoms with Gasteiger partial charge in [0, 0.05) is 12.3 Å². The topological polar surface area (TPSA) is 42.8 Å². The van der Waals surface area contributed by atoms with E-state index in [0.717, 1.165) is 11.4 Å². The third-order valence-electron chi connectivity index (χ3n) is 0.969. The molecule has 3 radical (unpaired) electrons. The minimum Gasteiger partial charge on any atom is -0.275 e. The van der Waals surface area contributed by atoms with Crippen LogP contribution in [-0.2, 0) is 0 Å². The molecule has 0 atom stereocenters. The first kappa shape index (κ1) is 3.72. The van der Waals surface area contributed by atoms with Gasteiger partial charge >= 0.3 is 0 Å². The van der Waals surface area contributed by atoms with Gasteiger partial charge in [-0.05, 0) is 0 Å². The van der Waals surface area contributed by atoms with Gasteiger partial charge in [0.25, 0.3) is 0 Å². The van der Waals surface area contributed by atoms with Crippen molar-refractivity contribution in [2.75, 3.05) is 0 Å². The van der Waals surface area contributed by atoms with E-state index in [1.54, 1.807) is 6.20 Å². The van der Waals surface area contributed by atoms with Crippen molar-refractivity contribution in [3.05, 3.63) is 24.2 Å². The molecule has 8 heavy (non-hydrogen) atoms. The molecule has 1 aliphatic heterocycles. The molecule has 0 aliphatic carbocycles. The Bertz CT molecular complexity index is 223. The summed E-state index contributed by atoms with van der Waals surface area (Å²) in [7, 11) is 0. The fraction of sp³-hybridized carbons (Fsp3) is 0. The van der Waals surface area contributed by atoms with Crippen molar-refractivity contribution in [2.45, 2.75) is 0 Å². The minimum absolute atomic E-state index is 0.755. The second kappa shape index (κ2) is 1.12. The van der Waals surface area contributed by atoms with Crippen LogP contribution in [0.1, 0.15) is 5.69 Å². The van der Waals surface area contributed by atoms with Gasteiger partial charge in [-0.25, -0.2) is 0 Å². The van der Waals surface area contributed by atoms with Crippen LogP contribution >= 0.6 is 0 Å². The Hall–Kier alpha value is -1.25. The van der Waals surface area contributed by atoms with Crippen molar-refractivity contribution < 1.29 is 0 Å². The number of nitrogens with zero attached hydrogens (tertiary/aromatic N) is 2. The van der Waals surface area contributed by atoms with Crippen LogP contribution < -0.4 is 5.32 Å². The van der Waals surface area contributed by atoms with Gasteiger partial charge in [0.2, 0.25) is 0 Å². The number of H-pyrrole nitrogens is 1. The zero-order chi connectivity index (χ0) is 5.40. The van der Waals surface area contributed by atoms with Crippen molar-refractivity contribution >= 4 is 5.69 Å². The lowest BCUT2D eigenvalue weighted by Crippen LogP contribution is -1.75. The van der Waals surface area contributed by atoms with E-state index in [1.807, 2.05) is 0 Å². The van der Waals surface area contributed by atoms with Gasteiger partial charge in [0.1, 0.15) is 11.9 Å². The van der Waals surface area contributed by atoms with Crippen LogP contribution in [0.15, 0.2) is 6.20 Å². The van der Waals surface area contributed by atoms with Crippen LogP contribution in [0.3, 0.4) is 0 Å². The third-order valence-corrected chi connectivity index (χ3v) is 0.969. The van der Waals surface area contributed by atoms with Gasteiger partial charge in [-0.3, -0.25) is 10.4 Å². The monoisotopic (exact) mass is 104 g/mol. The third kappa shape index (κ3) is 0.307. The van der Waals surface area contributed by atoms with Gasteiger partial charge in [-0.1, -0.05) is 0 Å². The molecule has 0 saturated carbocycles. The average Bonchev–Trinajstić information content (AvgIpc) is 2.15. The molecule has 1 N–H and O–H groups in total. The van der Waals surface area contributed by atoms with Gasteiger partial charge < -0.3 is 0 Å². The summed E-state index contributed by atoms with van der Waals surface area (Å²) in [5.41, 5.74) is 1.58. The molecule has 1 aromatic rings. The highest BCUT2D eigenvalue weighted by Crippen LogP contribution is 2.15. The van der Waals surface area contributed by atoms with E-state index in [1.165, 1.54) is 0 Å². The minimum atomic E-state index is 0.755. The molecule has 0 spiro atoms. The predicted octanol–water partition coefficient (Wildman–Crippen LogP) is 0.124. The number of hydrogen-bond donors (Lipinski definition) is 1. The largest absolute Gasteiger partial charge is 0.275 e. The molecule has 0 aromatic carbocycles. The molecule has 37 valence electrons. The summed E-state index contributed by atoms with van der Waals surface area (Å²) in [6, 6.07) is 0. The summed E-state index contributed by atoms with van der Waals surface area (Å²) in [5.74, 6) is 0. The molecular weight excluding hydrogens is 102 g/mol. The maximum Gasteiger partial charge on any atom is 0.141 e. The first-order chi connectivity index (χ1) is 3.97. The predicted molar refractivity (Wildman–Crippen MR) is 26.1 cm³/mol. The van der Waals surface area contributed by atoms with E-state index < -0.39 is 0 Å². The van der Waals surface area contributed by atoms with E-state index >= 15 is 0 Å². The highest BCUT2D eigenvalue weighted by Gasteiger charge is 2.06. The fourth-order valence-electron chi connectivity index (χ4n) is 0.601. The fourth-order valence-corrected chi connectivity index (χ4v) is 0.601. The zero-order valence-corrected chi connectivity index (χ0v) is 3.97. The number of aromatic nitrogens is 2. The van der Waals surface area contributed by atoms with Crippen LogP contribution in [0, 0.1) is 12.3 Å². The first-order valence-electron chi connectivity index (χ1n) is 2.22. The number of hydrogen-bond acceptors (Lipinski definition) is 1. The Morgan fingerprint density at radius 3 is 3.50 bits per heavy atom. The Morgan fingerprint density at radius 1 is 1.62 bits per heavy atom. The Morgan fingerprint density at radius 2 is 2.62 bits per heavy atom.